The standard InChI is InChI=1S/C22H24N6O2/c1-27(2)22(30)17-13-23-20(16-8-9-16)26-19(17)15-6-4-14(5-7-15)12-24-21(29)18-10-11-25-28(18)3/h4-7,10-11,13,16H,8-9,12H2,1-3H3,(H,24,29). The van der Waals surface area contributed by atoms with Gasteiger partial charge in [-0.15, -0.1) is 0 Å². The van der Waals surface area contributed by atoms with Crippen molar-refractivity contribution in [3.05, 3.63) is 65.4 Å². The number of hydrogen-bond acceptors (Lipinski definition) is 5. The van der Waals surface area contributed by atoms with E-state index >= 15 is 0 Å². The van der Waals surface area contributed by atoms with E-state index in [1.807, 2.05) is 24.3 Å². The molecule has 0 bridgehead atoms. The highest BCUT2D eigenvalue weighted by atomic mass is 16.2. The Kier molecular flexibility index (Phi) is 5.31. The number of carbonyl (C=O) groups is 2. The normalized spacial score (nSPS) is 13.2. The van der Waals surface area contributed by atoms with Crippen LogP contribution in [0.3, 0.4) is 0 Å². The summed E-state index contributed by atoms with van der Waals surface area (Å²) >= 11 is 0. The van der Waals surface area contributed by atoms with Crippen LogP contribution in [-0.4, -0.2) is 50.6 Å². The summed E-state index contributed by atoms with van der Waals surface area (Å²) < 4.78 is 1.54. The van der Waals surface area contributed by atoms with Crippen molar-refractivity contribution in [2.24, 2.45) is 7.05 Å². The zero-order valence-corrected chi connectivity index (χ0v) is 17.3. The molecular weight excluding hydrogens is 380 g/mol. The van der Waals surface area contributed by atoms with E-state index in [0.29, 0.717) is 29.4 Å². The fourth-order valence-corrected chi connectivity index (χ4v) is 3.20. The van der Waals surface area contributed by atoms with Crippen LogP contribution in [-0.2, 0) is 13.6 Å². The van der Waals surface area contributed by atoms with E-state index in [4.69, 9.17) is 4.98 Å². The summed E-state index contributed by atoms with van der Waals surface area (Å²) in [6.07, 6.45) is 5.42. The molecule has 0 unspecified atom stereocenters. The fourth-order valence-electron chi connectivity index (χ4n) is 3.20. The van der Waals surface area contributed by atoms with E-state index in [1.165, 1.54) is 9.58 Å². The first-order valence-electron chi connectivity index (χ1n) is 9.88. The van der Waals surface area contributed by atoms with E-state index in [1.54, 1.807) is 39.6 Å². The van der Waals surface area contributed by atoms with Crippen molar-refractivity contribution in [3.63, 3.8) is 0 Å². The van der Waals surface area contributed by atoms with E-state index in [0.717, 1.165) is 29.8 Å². The van der Waals surface area contributed by atoms with Gasteiger partial charge in [0.2, 0.25) is 0 Å². The van der Waals surface area contributed by atoms with Gasteiger partial charge in [0.05, 0.1) is 11.3 Å². The Bertz CT molecular complexity index is 1080. The Labute approximate surface area is 175 Å². The number of nitrogens with zero attached hydrogens (tertiary/aromatic N) is 5. The Hall–Kier alpha value is -3.55. The number of rotatable bonds is 6. The molecule has 2 heterocycles. The average Bonchev–Trinajstić information content (AvgIpc) is 3.52. The summed E-state index contributed by atoms with van der Waals surface area (Å²) in [5.41, 5.74) is 3.45. The topological polar surface area (TPSA) is 93.0 Å². The molecule has 4 rings (SSSR count). The summed E-state index contributed by atoms with van der Waals surface area (Å²) in [5.74, 6) is 0.893. The highest BCUT2D eigenvalue weighted by Gasteiger charge is 2.28. The van der Waals surface area contributed by atoms with Crippen LogP contribution in [0.1, 0.15) is 51.0 Å². The van der Waals surface area contributed by atoms with Gasteiger partial charge in [0, 0.05) is 51.6 Å². The Morgan fingerprint density at radius 1 is 1.17 bits per heavy atom. The van der Waals surface area contributed by atoms with Gasteiger partial charge >= 0.3 is 0 Å². The second kappa shape index (κ2) is 8.06. The molecule has 8 heteroatoms. The molecule has 1 aliphatic carbocycles. The molecule has 2 amide bonds. The molecule has 1 aromatic carbocycles. The second-order valence-electron chi connectivity index (χ2n) is 7.68. The third-order valence-electron chi connectivity index (χ3n) is 5.12. The maximum absolute atomic E-state index is 12.6. The van der Waals surface area contributed by atoms with E-state index in [2.05, 4.69) is 15.4 Å². The van der Waals surface area contributed by atoms with E-state index in [9.17, 15) is 9.59 Å². The van der Waals surface area contributed by atoms with Crippen LogP contribution in [0.25, 0.3) is 11.3 Å². The minimum atomic E-state index is -0.178. The third-order valence-corrected chi connectivity index (χ3v) is 5.12. The molecule has 8 nitrogen and oxygen atoms in total. The van der Waals surface area contributed by atoms with Crippen LogP contribution in [0, 0.1) is 0 Å². The van der Waals surface area contributed by atoms with Gasteiger partial charge < -0.3 is 10.2 Å². The predicted molar refractivity (Wildman–Crippen MR) is 112 cm³/mol. The van der Waals surface area contributed by atoms with Crippen LogP contribution < -0.4 is 5.32 Å². The number of amides is 2. The molecule has 0 atom stereocenters. The van der Waals surface area contributed by atoms with Gasteiger partial charge in [-0.2, -0.15) is 5.10 Å². The summed E-state index contributed by atoms with van der Waals surface area (Å²) in [4.78, 5) is 35.5. The zero-order chi connectivity index (χ0) is 21.3. The average molecular weight is 404 g/mol. The summed E-state index contributed by atoms with van der Waals surface area (Å²) in [7, 11) is 5.16. The zero-order valence-electron chi connectivity index (χ0n) is 17.3. The molecule has 30 heavy (non-hydrogen) atoms. The lowest BCUT2D eigenvalue weighted by Crippen LogP contribution is -2.25. The van der Waals surface area contributed by atoms with E-state index in [-0.39, 0.29) is 11.8 Å². The Balaban J connectivity index is 1.54. The molecular formula is C22H24N6O2. The van der Waals surface area contributed by atoms with Gasteiger partial charge in [-0.3, -0.25) is 14.3 Å². The lowest BCUT2D eigenvalue weighted by atomic mass is 10.0. The molecule has 0 spiro atoms. The van der Waals surface area contributed by atoms with Gasteiger partial charge in [-0.1, -0.05) is 24.3 Å². The van der Waals surface area contributed by atoms with Crippen molar-refractivity contribution >= 4 is 11.8 Å². The maximum atomic E-state index is 12.6. The molecule has 0 saturated heterocycles. The van der Waals surface area contributed by atoms with Gasteiger partial charge in [0.15, 0.2) is 0 Å². The molecule has 0 radical (unpaired) electrons. The van der Waals surface area contributed by atoms with Gasteiger partial charge in [0.1, 0.15) is 11.5 Å². The SMILES string of the molecule is CN(C)C(=O)c1cnc(C2CC2)nc1-c1ccc(CNC(=O)c2ccnn2C)cc1. The number of nitrogens with one attached hydrogen (secondary N) is 1. The number of aryl methyl sites for hydroxylation is 1. The molecule has 154 valence electrons. The van der Waals surface area contributed by atoms with Gasteiger partial charge in [-0.25, -0.2) is 9.97 Å². The first-order chi connectivity index (χ1) is 14.4. The third kappa shape index (κ3) is 4.07. The molecule has 1 fully saturated rings. The van der Waals surface area contributed by atoms with Crippen molar-refractivity contribution in [3.8, 4) is 11.3 Å². The summed E-state index contributed by atoms with van der Waals surface area (Å²) in [5, 5.41) is 6.90. The summed E-state index contributed by atoms with van der Waals surface area (Å²) in [6, 6.07) is 9.39. The summed E-state index contributed by atoms with van der Waals surface area (Å²) in [6.45, 7) is 0.394. The number of aromatic nitrogens is 4. The van der Waals surface area contributed by atoms with Crippen molar-refractivity contribution < 1.29 is 9.59 Å². The van der Waals surface area contributed by atoms with Crippen LogP contribution >= 0.6 is 0 Å². The monoisotopic (exact) mass is 404 g/mol. The number of benzene rings is 1. The van der Waals surface area contributed by atoms with Gasteiger partial charge in [-0.05, 0) is 24.5 Å². The Morgan fingerprint density at radius 3 is 2.50 bits per heavy atom. The molecule has 1 aliphatic rings. The van der Waals surface area contributed by atoms with E-state index < -0.39 is 0 Å². The van der Waals surface area contributed by atoms with Crippen LogP contribution in [0.2, 0.25) is 0 Å². The molecule has 1 saturated carbocycles. The fraction of sp³-hybridized carbons (Fsp3) is 0.318. The molecule has 3 aromatic rings. The number of carbonyl (C=O) groups excluding carboxylic acids is 2. The van der Waals surface area contributed by atoms with Crippen molar-refractivity contribution in [2.45, 2.75) is 25.3 Å². The molecule has 1 N–H and O–H groups in total. The lowest BCUT2D eigenvalue weighted by molar-refractivity contribution is 0.0827. The molecule has 0 aliphatic heterocycles. The smallest absolute Gasteiger partial charge is 0.269 e. The predicted octanol–water partition coefficient (Wildman–Crippen LogP) is 2.39. The van der Waals surface area contributed by atoms with Crippen LogP contribution in [0.4, 0.5) is 0 Å². The quantitative estimate of drug-likeness (QED) is 0.681. The van der Waals surface area contributed by atoms with Gasteiger partial charge in [0.25, 0.3) is 11.8 Å². The van der Waals surface area contributed by atoms with Crippen molar-refractivity contribution in [1.29, 1.82) is 0 Å². The second-order valence-corrected chi connectivity index (χ2v) is 7.68. The highest BCUT2D eigenvalue weighted by Crippen LogP contribution is 2.39. The number of hydrogen-bond donors (Lipinski definition) is 1. The first-order valence-corrected chi connectivity index (χ1v) is 9.88. The highest BCUT2D eigenvalue weighted by molar-refractivity contribution is 5.99. The van der Waals surface area contributed by atoms with Crippen molar-refractivity contribution in [2.75, 3.05) is 14.1 Å². The Morgan fingerprint density at radius 2 is 1.90 bits per heavy atom. The minimum Gasteiger partial charge on any atom is -0.347 e. The largest absolute Gasteiger partial charge is 0.347 e. The molecule has 2 aromatic heterocycles. The lowest BCUT2D eigenvalue weighted by Gasteiger charge is -2.14. The van der Waals surface area contributed by atoms with Crippen LogP contribution in [0.5, 0.6) is 0 Å². The first kappa shape index (κ1) is 19.8. The van der Waals surface area contributed by atoms with Crippen LogP contribution in [0.15, 0.2) is 42.7 Å². The minimum absolute atomic E-state index is 0.125. The van der Waals surface area contributed by atoms with Crippen molar-refractivity contribution in [1.82, 2.24) is 30.0 Å². The maximum Gasteiger partial charge on any atom is 0.269 e.